The number of thiazole rings is 1. The summed E-state index contributed by atoms with van der Waals surface area (Å²) in [6.45, 7) is 4.81. The van der Waals surface area contributed by atoms with Gasteiger partial charge in [0.05, 0.1) is 13.3 Å². The Bertz CT molecular complexity index is 511. The molecule has 5 nitrogen and oxygen atoms in total. The van der Waals surface area contributed by atoms with Crippen molar-refractivity contribution in [2.24, 2.45) is 5.16 Å². The third-order valence-corrected chi connectivity index (χ3v) is 4.31. The predicted molar refractivity (Wildman–Crippen MR) is 87.2 cm³/mol. The second-order valence-electron chi connectivity index (χ2n) is 5.07. The summed E-state index contributed by atoms with van der Waals surface area (Å²) in [6, 6.07) is 0. The van der Waals surface area contributed by atoms with Crippen LogP contribution in [0.3, 0.4) is 0 Å². The lowest BCUT2D eigenvalue weighted by Crippen LogP contribution is -2.24. The zero-order valence-electron chi connectivity index (χ0n) is 13.0. The number of hydrogen-bond acceptors (Lipinski definition) is 6. The van der Waals surface area contributed by atoms with E-state index in [4.69, 9.17) is 9.57 Å². The van der Waals surface area contributed by atoms with Crippen LogP contribution in [0.4, 0.5) is 0 Å². The quantitative estimate of drug-likeness (QED) is 0.441. The molecular formula is C15H23N3O2S. The molecule has 0 N–H and O–H groups in total. The largest absolute Gasteiger partial charge is 0.480 e. The first-order valence-electron chi connectivity index (χ1n) is 7.32. The van der Waals surface area contributed by atoms with Crippen LogP contribution in [0.1, 0.15) is 36.1 Å². The summed E-state index contributed by atoms with van der Waals surface area (Å²) in [6.07, 6.45) is 7.14. The number of oxime groups is 1. The second kappa shape index (κ2) is 8.14. The summed E-state index contributed by atoms with van der Waals surface area (Å²) < 4.78 is 5.33. The van der Waals surface area contributed by atoms with Crippen molar-refractivity contribution in [3.63, 3.8) is 0 Å². The molecule has 0 radical (unpaired) electrons. The normalized spacial score (nSPS) is 16.2. The number of ether oxygens (including phenoxy) is 1. The molecule has 1 aliphatic rings. The minimum atomic E-state index is 0.618. The summed E-state index contributed by atoms with van der Waals surface area (Å²) in [7, 11) is 3.76. The first kappa shape index (κ1) is 16.0. The van der Waals surface area contributed by atoms with Gasteiger partial charge in [0.2, 0.25) is 5.88 Å². The van der Waals surface area contributed by atoms with Gasteiger partial charge in [0, 0.05) is 13.1 Å². The number of nitrogens with zero attached hydrogens (tertiary/aromatic N) is 3. The van der Waals surface area contributed by atoms with Crippen molar-refractivity contribution < 1.29 is 9.57 Å². The van der Waals surface area contributed by atoms with E-state index in [2.05, 4.69) is 35.1 Å². The maximum Gasteiger partial charge on any atom is 0.234 e. The highest BCUT2D eigenvalue weighted by Gasteiger charge is 2.17. The van der Waals surface area contributed by atoms with Crippen LogP contribution in [0.15, 0.2) is 11.2 Å². The van der Waals surface area contributed by atoms with E-state index in [1.54, 1.807) is 24.7 Å². The number of hydrogen-bond donors (Lipinski definition) is 0. The molecule has 1 aromatic heterocycles. The van der Waals surface area contributed by atoms with Gasteiger partial charge in [-0.25, -0.2) is 4.98 Å². The van der Waals surface area contributed by atoms with Crippen LogP contribution in [0.25, 0.3) is 5.57 Å². The van der Waals surface area contributed by atoms with Crippen LogP contribution in [0.2, 0.25) is 0 Å². The lowest BCUT2D eigenvalue weighted by Gasteiger charge is -2.21. The van der Waals surface area contributed by atoms with E-state index in [0.717, 1.165) is 42.2 Å². The summed E-state index contributed by atoms with van der Waals surface area (Å²) in [5.74, 6) is 0.618. The Morgan fingerprint density at radius 2 is 2.38 bits per heavy atom. The monoisotopic (exact) mass is 309 g/mol. The van der Waals surface area contributed by atoms with E-state index < -0.39 is 0 Å². The fourth-order valence-electron chi connectivity index (χ4n) is 2.08. The van der Waals surface area contributed by atoms with E-state index in [9.17, 15) is 0 Å². The summed E-state index contributed by atoms with van der Waals surface area (Å²) in [4.78, 5) is 13.0. The van der Waals surface area contributed by atoms with Crippen LogP contribution in [-0.2, 0) is 4.84 Å². The molecule has 116 valence electrons. The molecule has 6 heteroatoms. The Morgan fingerprint density at radius 3 is 3.10 bits per heavy atom. The molecule has 1 aliphatic heterocycles. The average Bonchev–Trinajstić information content (AvgIpc) is 2.90. The Balaban J connectivity index is 2.06. The summed E-state index contributed by atoms with van der Waals surface area (Å²) >= 11 is 1.60. The molecule has 0 saturated heterocycles. The molecule has 1 aromatic rings. The predicted octanol–water partition coefficient (Wildman–Crippen LogP) is 3.02. The summed E-state index contributed by atoms with van der Waals surface area (Å²) in [5, 5.41) is 5.00. The van der Waals surface area contributed by atoms with Crippen LogP contribution in [0.5, 0.6) is 5.88 Å². The molecule has 0 spiro atoms. The number of unbranched alkanes of at least 4 members (excludes halogenated alkanes) is 1. The van der Waals surface area contributed by atoms with Crippen molar-refractivity contribution in [3.05, 3.63) is 16.0 Å². The zero-order valence-corrected chi connectivity index (χ0v) is 13.8. The highest BCUT2D eigenvalue weighted by atomic mass is 32.1. The molecule has 0 unspecified atom stereocenters. The lowest BCUT2D eigenvalue weighted by atomic mass is 10.1. The molecule has 2 heterocycles. The van der Waals surface area contributed by atoms with Gasteiger partial charge in [0.1, 0.15) is 16.5 Å². The van der Waals surface area contributed by atoms with E-state index in [-0.39, 0.29) is 0 Å². The third kappa shape index (κ3) is 4.54. The number of likely N-dealkylation sites (N-methyl/N-ethyl adjacent to an activating group) is 1. The van der Waals surface area contributed by atoms with Crippen LogP contribution >= 0.6 is 11.3 Å². The van der Waals surface area contributed by atoms with E-state index in [1.165, 1.54) is 5.57 Å². The van der Waals surface area contributed by atoms with E-state index in [1.807, 2.05) is 0 Å². The molecule has 0 aromatic carbocycles. The van der Waals surface area contributed by atoms with Gasteiger partial charge in [-0.05, 0) is 25.5 Å². The van der Waals surface area contributed by atoms with Gasteiger partial charge in [-0.2, -0.15) is 0 Å². The zero-order chi connectivity index (χ0) is 15.1. The molecular weight excluding hydrogens is 286 g/mol. The Labute approximate surface area is 130 Å². The van der Waals surface area contributed by atoms with Crippen molar-refractivity contribution in [1.82, 2.24) is 9.88 Å². The molecule has 0 atom stereocenters. The van der Waals surface area contributed by atoms with Crippen LogP contribution in [0, 0.1) is 0 Å². The van der Waals surface area contributed by atoms with Gasteiger partial charge in [-0.3, -0.25) is 0 Å². The minimum absolute atomic E-state index is 0.618. The van der Waals surface area contributed by atoms with Gasteiger partial charge in [0.25, 0.3) is 0 Å². The van der Waals surface area contributed by atoms with Gasteiger partial charge < -0.3 is 14.5 Å². The maximum absolute atomic E-state index is 5.33. The molecule has 21 heavy (non-hydrogen) atoms. The Hall–Kier alpha value is -1.40. The van der Waals surface area contributed by atoms with Gasteiger partial charge in [0.15, 0.2) is 0 Å². The fraction of sp³-hybridized carbons (Fsp3) is 0.600. The molecule has 0 bridgehead atoms. The Kier molecular flexibility index (Phi) is 6.20. The first-order valence-corrected chi connectivity index (χ1v) is 8.14. The first-order chi connectivity index (χ1) is 10.2. The SMILES string of the molecule is CCCCO/N=C/c1sc(C2=CCCN(C)C2)nc1OC. The van der Waals surface area contributed by atoms with Crippen molar-refractivity contribution in [2.45, 2.75) is 26.2 Å². The van der Waals surface area contributed by atoms with Crippen LogP contribution in [-0.4, -0.2) is 50.0 Å². The number of methoxy groups -OCH3 is 1. The van der Waals surface area contributed by atoms with Crippen LogP contribution < -0.4 is 4.74 Å². The lowest BCUT2D eigenvalue weighted by molar-refractivity contribution is 0.143. The minimum Gasteiger partial charge on any atom is -0.480 e. The smallest absolute Gasteiger partial charge is 0.234 e. The third-order valence-electron chi connectivity index (χ3n) is 3.26. The number of aromatic nitrogens is 1. The summed E-state index contributed by atoms with van der Waals surface area (Å²) in [5.41, 5.74) is 1.26. The second-order valence-corrected chi connectivity index (χ2v) is 6.10. The molecule has 0 saturated carbocycles. The highest BCUT2D eigenvalue weighted by molar-refractivity contribution is 7.14. The fourth-order valence-corrected chi connectivity index (χ4v) is 3.01. The van der Waals surface area contributed by atoms with Crippen molar-refractivity contribution in [3.8, 4) is 5.88 Å². The average molecular weight is 309 g/mol. The van der Waals surface area contributed by atoms with Gasteiger partial charge in [-0.1, -0.05) is 24.6 Å². The van der Waals surface area contributed by atoms with E-state index in [0.29, 0.717) is 12.5 Å². The topological polar surface area (TPSA) is 47.0 Å². The molecule has 0 aliphatic carbocycles. The van der Waals surface area contributed by atoms with Crippen molar-refractivity contribution in [1.29, 1.82) is 0 Å². The molecule has 2 rings (SSSR count). The maximum atomic E-state index is 5.33. The number of rotatable bonds is 7. The highest BCUT2D eigenvalue weighted by Crippen LogP contribution is 2.30. The molecule has 0 fully saturated rings. The molecule has 0 amide bonds. The van der Waals surface area contributed by atoms with Gasteiger partial charge >= 0.3 is 0 Å². The van der Waals surface area contributed by atoms with Crippen molar-refractivity contribution >= 4 is 23.1 Å². The van der Waals surface area contributed by atoms with E-state index >= 15 is 0 Å². The standard InChI is InChI=1S/C15H23N3O2S/c1-4-5-9-20-16-10-13-14(19-3)17-15(21-13)12-7-6-8-18(2)11-12/h7,10H,4-6,8-9,11H2,1-3H3/b16-10+. The van der Waals surface area contributed by atoms with Crippen molar-refractivity contribution in [2.75, 3.05) is 33.9 Å². The Morgan fingerprint density at radius 1 is 1.52 bits per heavy atom. The van der Waals surface area contributed by atoms with Gasteiger partial charge in [-0.15, -0.1) is 11.3 Å².